The molecular formula is C30H48N6O6S. The van der Waals surface area contributed by atoms with Gasteiger partial charge in [0, 0.05) is 18.1 Å². The van der Waals surface area contributed by atoms with Gasteiger partial charge in [0.2, 0.25) is 17.6 Å². The van der Waals surface area contributed by atoms with Crippen LogP contribution in [0.5, 0.6) is 0 Å². The molecule has 1 aromatic heterocycles. The third kappa shape index (κ3) is 10.4. The number of likely N-dealkylation sites (tertiary alicyclic amines) is 1. The van der Waals surface area contributed by atoms with Gasteiger partial charge in [0.05, 0.1) is 23.5 Å². The molecule has 43 heavy (non-hydrogen) atoms. The highest BCUT2D eigenvalue weighted by atomic mass is 32.1. The van der Waals surface area contributed by atoms with Crippen LogP contribution in [0.2, 0.25) is 0 Å². The highest BCUT2D eigenvalue weighted by Gasteiger charge is 2.43. The van der Waals surface area contributed by atoms with E-state index in [0.717, 1.165) is 12.8 Å². The molecule has 2 rings (SSSR count). The van der Waals surface area contributed by atoms with Crippen LogP contribution in [0.1, 0.15) is 85.6 Å². The SMILES string of the molecule is CCCC(C)CC(NC(=O)C1CCCN1C(=O)C(NC(=O)NC(C(=O)Cc1nccs1)C(C)C)C(C)(C)C)C(=O)C(N)=O. The summed E-state index contributed by atoms with van der Waals surface area (Å²) in [5.41, 5.74) is 4.52. The first-order valence-corrected chi connectivity index (χ1v) is 15.9. The quantitative estimate of drug-likeness (QED) is 0.217. The average molecular weight is 621 g/mol. The van der Waals surface area contributed by atoms with Crippen molar-refractivity contribution in [3.05, 3.63) is 16.6 Å². The van der Waals surface area contributed by atoms with Crippen LogP contribution in [-0.2, 0) is 30.4 Å². The van der Waals surface area contributed by atoms with Crippen molar-refractivity contribution in [1.29, 1.82) is 0 Å². The van der Waals surface area contributed by atoms with E-state index in [4.69, 9.17) is 5.73 Å². The molecule has 5 atom stereocenters. The fourth-order valence-corrected chi connectivity index (χ4v) is 5.96. The number of nitrogens with one attached hydrogen (secondary N) is 3. The van der Waals surface area contributed by atoms with E-state index in [0.29, 0.717) is 17.8 Å². The number of Topliss-reactive ketones (excluding diaryl/α,β-unsaturated/α-hetero) is 2. The maximum Gasteiger partial charge on any atom is 0.316 e. The molecule has 1 aliphatic heterocycles. The Labute approximate surface area is 258 Å². The summed E-state index contributed by atoms with van der Waals surface area (Å²) in [6.07, 6.45) is 4.56. The fourth-order valence-electron chi connectivity index (χ4n) is 5.33. The zero-order valence-corrected chi connectivity index (χ0v) is 27.2. The molecule has 1 aliphatic rings. The topological polar surface area (TPSA) is 181 Å². The molecule has 240 valence electrons. The Morgan fingerprint density at radius 2 is 1.77 bits per heavy atom. The van der Waals surface area contributed by atoms with E-state index in [-0.39, 0.29) is 37.0 Å². The Morgan fingerprint density at radius 3 is 2.30 bits per heavy atom. The summed E-state index contributed by atoms with van der Waals surface area (Å²) in [6, 6.07) is -4.44. The van der Waals surface area contributed by atoms with Crippen LogP contribution in [-0.4, -0.2) is 75.9 Å². The highest BCUT2D eigenvalue weighted by Crippen LogP contribution is 2.26. The van der Waals surface area contributed by atoms with E-state index >= 15 is 0 Å². The van der Waals surface area contributed by atoms with Gasteiger partial charge in [-0.2, -0.15) is 0 Å². The fraction of sp³-hybridized carbons (Fsp3) is 0.700. The largest absolute Gasteiger partial charge is 0.363 e. The summed E-state index contributed by atoms with van der Waals surface area (Å²) in [7, 11) is 0. The van der Waals surface area contributed by atoms with Crippen molar-refractivity contribution in [3.63, 3.8) is 0 Å². The Balaban J connectivity index is 2.18. The van der Waals surface area contributed by atoms with Gasteiger partial charge in [-0.1, -0.05) is 61.3 Å². The van der Waals surface area contributed by atoms with E-state index in [9.17, 15) is 28.8 Å². The van der Waals surface area contributed by atoms with Crippen LogP contribution < -0.4 is 21.7 Å². The summed E-state index contributed by atoms with van der Waals surface area (Å²) in [5.74, 6) is -3.32. The number of primary amides is 1. The predicted molar refractivity (Wildman–Crippen MR) is 164 cm³/mol. The third-order valence-corrected chi connectivity index (χ3v) is 8.41. The van der Waals surface area contributed by atoms with E-state index < -0.39 is 59.1 Å². The van der Waals surface area contributed by atoms with Crippen molar-refractivity contribution in [1.82, 2.24) is 25.8 Å². The first kappa shape index (κ1) is 35.8. The summed E-state index contributed by atoms with van der Waals surface area (Å²) >= 11 is 1.36. The molecule has 1 fully saturated rings. The lowest BCUT2D eigenvalue weighted by Crippen LogP contribution is -2.61. The number of rotatable bonds is 15. The lowest BCUT2D eigenvalue weighted by Gasteiger charge is -2.36. The van der Waals surface area contributed by atoms with Gasteiger partial charge < -0.3 is 26.6 Å². The van der Waals surface area contributed by atoms with Crippen LogP contribution in [0.25, 0.3) is 0 Å². The van der Waals surface area contributed by atoms with Gasteiger partial charge in [-0.3, -0.25) is 24.0 Å². The number of thiazole rings is 1. The molecule has 5 amide bonds. The van der Waals surface area contributed by atoms with Crippen LogP contribution in [0.3, 0.4) is 0 Å². The number of nitrogens with zero attached hydrogens (tertiary/aromatic N) is 2. The van der Waals surface area contributed by atoms with Gasteiger partial charge in [-0.25, -0.2) is 9.78 Å². The van der Waals surface area contributed by atoms with Gasteiger partial charge in [-0.15, -0.1) is 11.3 Å². The number of urea groups is 1. The Bertz CT molecular complexity index is 1150. The monoisotopic (exact) mass is 620 g/mol. The molecule has 0 bridgehead atoms. The predicted octanol–water partition coefficient (Wildman–Crippen LogP) is 2.35. The molecule has 0 spiro atoms. The third-order valence-electron chi connectivity index (χ3n) is 7.63. The Hall–Kier alpha value is -3.35. The maximum absolute atomic E-state index is 13.9. The standard InChI is InChI=1S/C30H48N6O6S/c1-8-10-18(4)15-19(24(38)26(31)39)33-27(40)20-11-9-13-36(20)28(41)25(30(5,6)7)35-29(42)34-23(17(2)3)21(37)16-22-32-12-14-43-22/h12,14,17-20,23,25H,8-11,13,15-16H2,1-7H3,(H2,31,39)(H,33,40)(H2,34,35,42). The van der Waals surface area contributed by atoms with Crippen LogP contribution in [0.15, 0.2) is 11.6 Å². The van der Waals surface area contributed by atoms with Crippen molar-refractivity contribution < 1.29 is 28.8 Å². The molecular weight excluding hydrogens is 572 g/mol. The summed E-state index contributed by atoms with van der Waals surface area (Å²) in [5, 5.41) is 10.6. The lowest BCUT2D eigenvalue weighted by atomic mass is 9.85. The Morgan fingerprint density at radius 1 is 1.09 bits per heavy atom. The second-order valence-electron chi connectivity index (χ2n) is 12.8. The minimum Gasteiger partial charge on any atom is -0.363 e. The van der Waals surface area contributed by atoms with Gasteiger partial charge >= 0.3 is 6.03 Å². The number of aromatic nitrogens is 1. The lowest BCUT2D eigenvalue weighted by molar-refractivity contribution is -0.143. The van der Waals surface area contributed by atoms with E-state index in [1.54, 1.807) is 32.3 Å². The molecule has 1 aromatic rings. The number of carbonyl (C=O) groups is 6. The molecule has 0 aliphatic carbocycles. The molecule has 1 saturated heterocycles. The van der Waals surface area contributed by atoms with E-state index in [2.05, 4.69) is 20.9 Å². The molecule has 5 N–H and O–H groups in total. The average Bonchev–Trinajstić information content (AvgIpc) is 3.61. The second-order valence-corrected chi connectivity index (χ2v) is 13.8. The van der Waals surface area contributed by atoms with Gasteiger partial charge in [0.25, 0.3) is 5.91 Å². The minimum absolute atomic E-state index is 0.0658. The number of ketones is 2. The summed E-state index contributed by atoms with van der Waals surface area (Å²) < 4.78 is 0. The molecule has 0 aromatic carbocycles. The molecule has 13 heteroatoms. The van der Waals surface area contributed by atoms with Crippen molar-refractivity contribution in [2.75, 3.05) is 6.54 Å². The molecule has 12 nitrogen and oxygen atoms in total. The van der Waals surface area contributed by atoms with Gasteiger partial charge in [0.15, 0.2) is 5.78 Å². The Kier molecular flexibility index (Phi) is 13.3. The van der Waals surface area contributed by atoms with E-state index in [1.807, 2.05) is 27.7 Å². The molecule has 0 radical (unpaired) electrons. The first-order chi connectivity index (χ1) is 20.1. The van der Waals surface area contributed by atoms with Crippen molar-refractivity contribution in [2.24, 2.45) is 23.0 Å². The second kappa shape index (κ2) is 15.9. The van der Waals surface area contributed by atoms with E-state index in [1.165, 1.54) is 16.2 Å². The highest BCUT2D eigenvalue weighted by molar-refractivity contribution is 7.09. The summed E-state index contributed by atoms with van der Waals surface area (Å²) in [6.45, 7) is 13.3. The smallest absolute Gasteiger partial charge is 0.316 e. The summed E-state index contributed by atoms with van der Waals surface area (Å²) in [4.78, 5) is 83.2. The van der Waals surface area contributed by atoms with Crippen LogP contribution >= 0.6 is 11.3 Å². The number of hydrogen-bond acceptors (Lipinski definition) is 8. The maximum atomic E-state index is 13.9. The molecule has 0 saturated carbocycles. The number of hydrogen-bond donors (Lipinski definition) is 4. The van der Waals surface area contributed by atoms with Crippen molar-refractivity contribution in [3.8, 4) is 0 Å². The zero-order valence-electron chi connectivity index (χ0n) is 26.4. The normalized spacial score (nSPS) is 18.0. The van der Waals surface area contributed by atoms with Crippen LogP contribution in [0.4, 0.5) is 4.79 Å². The molecule has 5 unspecified atom stereocenters. The van der Waals surface area contributed by atoms with Gasteiger partial charge in [-0.05, 0) is 36.5 Å². The van der Waals surface area contributed by atoms with Crippen molar-refractivity contribution >= 4 is 46.7 Å². The molecule has 2 heterocycles. The van der Waals surface area contributed by atoms with Gasteiger partial charge in [0.1, 0.15) is 12.1 Å². The minimum atomic E-state index is -1.12. The zero-order chi connectivity index (χ0) is 32.5. The van der Waals surface area contributed by atoms with Crippen molar-refractivity contribution in [2.45, 2.75) is 111 Å². The number of nitrogens with two attached hydrogens (primary N) is 1. The first-order valence-electron chi connectivity index (χ1n) is 15.0. The number of carbonyl (C=O) groups excluding carboxylic acids is 6. The number of amides is 5. The van der Waals surface area contributed by atoms with Crippen LogP contribution in [0, 0.1) is 17.3 Å².